The average molecular weight is 536 g/mol. The molecule has 10 nitrogen and oxygen atoms in total. The van der Waals surface area contributed by atoms with Crippen molar-refractivity contribution < 1.29 is 47.7 Å². The summed E-state index contributed by atoms with van der Waals surface area (Å²) < 4.78 is 20.0. The fraction of sp³-hybridized carbons (Fsp3) is 0.0667. The van der Waals surface area contributed by atoms with Crippen molar-refractivity contribution in [1.82, 2.24) is 0 Å². The Balaban J connectivity index is 1.06. The van der Waals surface area contributed by atoms with Crippen molar-refractivity contribution in [2.75, 3.05) is 0 Å². The monoisotopic (exact) mass is 536 g/mol. The van der Waals surface area contributed by atoms with Gasteiger partial charge in [0.15, 0.2) is 0 Å². The van der Waals surface area contributed by atoms with Crippen molar-refractivity contribution >= 4 is 41.4 Å². The topological polar surface area (TPSA) is 139 Å². The van der Waals surface area contributed by atoms with Crippen molar-refractivity contribution in [1.29, 1.82) is 0 Å². The molecule has 1 unspecified atom stereocenters. The molecule has 3 aromatic carbocycles. The first kappa shape index (κ1) is 24.7. The Morgan fingerprint density at radius 1 is 0.675 bits per heavy atom. The van der Waals surface area contributed by atoms with Gasteiger partial charge in [0.1, 0.15) is 11.9 Å². The van der Waals surface area contributed by atoms with Crippen LogP contribution in [0.3, 0.4) is 0 Å². The molecule has 1 aliphatic carbocycles. The van der Waals surface area contributed by atoms with Crippen molar-refractivity contribution in [3.8, 4) is 5.75 Å². The van der Waals surface area contributed by atoms with Gasteiger partial charge in [0.2, 0.25) is 0 Å². The number of hydrogen-bond donors (Lipinski definition) is 0. The van der Waals surface area contributed by atoms with E-state index in [-0.39, 0.29) is 39.1 Å². The van der Waals surface area contributed by atoms with Gasteiger partial charge < -0.3 is 18.9 Å². The van der Waals surface area contributed by atoms with Crippen LogP contribution in [-0.2, 0) is 14.2 Å². The van der Waals surface area contributed by atoms with E-state index in [2.05, 4.69) is 9.47 Å². The molecule has 2 aliphatic heterocycles. The zero-order valence-corrected chi connectivity index (χ0v) is 20.4. The fourth-order valence-corrected chi connectivity index (χ4v) is 4.41. The van der Waals surface area contributed by atoms with Crippen molar-refractivity contribution in [2.24, 2.45) is 0 Å². The van der Waals surface area contributed by atoms with Gasteiger partial charge >= 0.3 is 35.8 Å². The van der Waals surface area contributed by atoms with E-state index in [1.807, 2.05) is 6.08 Å². The van der Waals surface area contributed by atoms with Crippen LogP contribution < -0.4 is 4.74 Å². The number of esters is 6. The second-order valence-electron chi connectivity index (χ2n) is 8.99. The van der Waals surface area contributed by atoms with Gasteiger partial charge in [0.25, 0.3) is 0 Å². The Kier molecular flexibility index (Phi) is 5.92. The molecule has 2 heterocycles. The van der Waals surface area contributed by atoms with E-state index in [1.165, 1.54) is 36.4 Å². The summed E-state index contributed by atoms with van der Waals surface area (Å²) in [6.45, 7) is 0. The molecule has 0 fully saturated rings. The first-order chi connectivity index (χ1) is 19.3. The van der Waals surface area contributed by atoms with Crippen LogP contribution in [0.25, 0.3) is 5.57 Å². The number of fused-ring (bicyclic) bond motifs is 2. The van der Waals surface area contributed by atoms with E-state index >= 15 is 0 Å². The number of benzene rings is 3. The van der Waals surface area contributed by atoms with Gasteiger partial charge in [-0.1, -0.05) is 24.3 Å². The SMILES string of the molecule is O=C(Oc1ccc(C2=CCC(OC(=O)c3ccc4c(c3)C(=O)OC4=O)C=C2)cc1)c1ccc2c(c1)C(=O)OC2=O. The second kappa shape index (κ2) is 9.59. The van der Waals surface area contributed by atoms with Crippen LogP contribution >= 0.6 is 0 Å². The number of ether oxygens (including phenoxy) is 4. The summed E-state index contributed by atoms with van der Waals surface area (Å²) in [7, 11) is 0. The quantitative estimate of drug-likeness (QED) is 0.203. The maximum Gasteiger partial charge on any atom is 0.346 e. The molecule has 0 aromatic heterocycles. The highest BCUT2D eigenvalue weighted by Gasteiger charge is 2.32. The van der Waals surface area contributed by atoms with Crippen LogP contribution in [0.5, 0.6) is 5.75 Å². The minimum atomic E-state index is -0.808. The van der Waals surface area contributed by atoms with Gasteiger partial charge in [0.05, 0.1) is 33.4 Å². The maximum absolute atomic E-state index is 12.6. The summed E-state index contributed by atoms with van der Waals surface area (Å²) in [4.78, 5) is 71.7. The first-order valence-corrected chi connectivity index (χ1v) is 12.0. The predicted molar refractivity (Wildman–Crippen MR) is 135 cm³/mol. The molecule has 6 rings (SSSR count). The Labute approximate surface area is 225 Å². The molecule has 0 N–H and O–H groups in total. The minimum Gasteiger partial charge on any atom is -0.454 e. The lowest BCUT2D eigenvalue weighted by molar-refractivity contribution is 0.0394. The number of rotatable bonds is 5. The molecule has 0 saturated heterocycles. The number of carbonyl (C=O) groups excluding carboxylic acids is 6. The largest absolute Gasteiger partial charge is 0.454 e. The van der Waals surface area contributed by atoms with Gasteiger partial charge in [-0.15, -0.1) is 0 Å². The molecule has 40 heavy (non-hydrogen) atoms. The summed E-state index contributed by atoms with van der Waals surface area (Å²) in [6, 6.07) is 14.8. The molecule has 196 valence electrons. The smallest absolute Gasteiger partial charge is 0.346 e. The highest BCUT2D eigenvalue weighted by molar-refractivity contribution is 6.16. The van der Waals surface area contributed by atoms with Gasteiger partial charge in [0, 0.05) is 6.42 Å². The lowest BCUT2D eigenvalue weighted by atomic mass is 9.98. The highest BCUT2D eigenvalue weighted by atomic mass is 16.6. The zero-order chi connectivity index (χ0) is 28.0. The molecular formula is C30H16O10. The Bertz CT molecular complexity index is 1730. The van der Waals surface area contributed by atoms with E-state index in [4.69, 9.17) is 9.47 Å². The lowest BCUT2D eigenvalue weighted by Crippen LogP contribution is -2.17. The Hall–Kier alpha value is -5.64. The standard InChI is InChI=1S/C30H16O10/c31-25(17-5-11-21-23(13-17)29(35)39-27(21)33)37-19-7-1-15(2-8-19)16-3-9-20(10-4-16)38-26(32)18-6-12-22-24(14-18)30(36)40-28(22)34/h1-9,11-14,20H,10H2. The van der Waals surface area contributed by atoms with Crippen LogP contribution in [0.15, 0.2) is 78.9 Å². The number of allylic oxidation sites excluding steroid dienone is 2. The van der Waals surface area contributed by atoms with Crippen LogP contribution in [0.1, 0.15) is 74.1 Å². The number of cyclic esters (lactones) is 4. The zero-order valence-electron chi connectivity index (χ0n) is 20.4. The highest BCUT2D eigenvalue weighted by Crippen LogP contribution is 2.27. The normalized spacial score (nSPS) is 17.0. The fourth-order valence-electron chi connectivity index (χ4n) is 4.41. The summed E-state index contributed by atoms with van der Waals surface area (Å²) >= 11 is 0. The Morgan fingerprint density at radius 2 is 1.23 bits per heavy atom. The molecular weight excluding hydrogens is 520 g/mol. The third-order valence-corrected chi connectivity index (χ3v) is 6.48. The molecule has 0 saturated carbocycles. The summed E-state index contributed by atoms with van der Waals surface area (Å²) in [5.41, 5.74) is 2.19. The van der Waals surface area contributed by atoms with Gasteiger partial charge in [-0.05, 0) is 65.7 Å². The molecule has 0 amide bonds. The number of hydrogen-bond acceptors (Lipinski definition) is 10. The molecule has 0 radical (unpaired) electrons. The lowest BCUT2D eigenvalue weighted by Gasteiger charge is -2.17. The van der Waals surface area contributed by atoms with Crippen molar-refractivity contribution in [3.63, 3.8) is 0 Å². The van der Waals surface area contributed by atoms with Crippen molar-refractivity contribution in [2.45, 2.75) is 12.5 Å². The molecule has 0 spiro atoms. The van der Waals surface area contributed by atoms with E-state index in [1.54, 1.807) is 36.4 Å². The first-order valence-electron chi connectivity index (χ1n) is 12.0. The van der Waals surface area contributed by atoms with E-state index in [0.717, 1.165) is 11.1 Å². The van der Waals surface area contributed by atoms with E-state index in [0.29, 0.717) is 6.42 Å². The molecule has 3 aromatic rings. The van der Waals surface area contributed by atoms with E-state index < -0.39 is 41.9 Å². The minimum absolute atomic E-state index is 0.0169. The van der Waals surface area contributed by atoms with Crippen LogP contribution in [-0.4, -0.2) is 41.9 Å². The van der Waals surface area contributed by atoms with Gasteiger partial charge in [-0.2, -0.15) is 0 Å². The van der Waals surface area contributed by atoms with Gasteiger partial charge in [-0.3, -0.25) is 0 Å². The molecule has 3 aliphatic rings. The second-order valence-corrected chi connectivity index (χ2v) is 8.99. The average Bonchev–Trinajstić information content (AvgIpc) is 3.41. The van der Waals surface area contributed by atoms with Crippen LogP contribution in [0, 0.1) is 0 Å². The van der Waals surface area contributed by atoms with Crippen LogP contribution in [0.2, 0.25) is 0 Å². The summed E-state index contributed by atoms with van der Waals surface area (Å²) in [6.07, 6.45) is 5.30. The number of carbonyl (C=O) groups is 6. The third-order valence-electron chi connectivity index (χ3n) is 6.48. The van der Waals surface area contributed by atoms with Gasteiger partial charge in [-0.25, -0.2) is 28.8 Å². The summed E-state index contributed by atoms with van der Waals surface area (Å²) in [5, 5.41) is 0. The molecule has 10 heteroatoms. The molecule has 0 bridgehead atoms. The third kappa shape index (κ3) is 4.47. The van der Waals surface area contributed by atoms with Crippen molar-refractivity contribution in [3.05, 3.63) is 118 Å². The van der Waals surface area contributed by atoms with E-state index in [9.17, 15) is 28.8 Å². The molecule has 1 atom stereocenters. The summed E-state index contributed by atoms with van der Waals surface area (Å²) in [5.74, 6) is -4.16. The maximum atomic E-state index is 12.6. The Morgan fingerprint density at radius 3 is 1.77 bits per heavy atom. The van der Waals surface area contributed by atoms with Crippen LogP contribution in [0.4, 0.5) is 0 Å². The predicted octanol–water partition coefficient (Wildman–Crippen LogP) is 4.10.